The molecule has 0 N–H and O–H groups in total. The van der Waals surface area contributed by atoms with E-state index in [9.17, 15) is 4.79 Å². The Morgan fingerprint density at radius 2 is 2.00 bits per heavy atom. The fraction of sp³-hybridized carbons (Fsp3) is 0.111. The van der Waals surface area contributed by atoms with Crippen LogP contribution in [0, 0.1) is 11.3 Å². The molecule has 0 saturated heterocycles. The zero-order valence-electron chi connectivity index (χ0n) is 6.50. The van der Waals surface area contributed by atoms with Crippen molar-refractivity contribution in [1.82, 2.24) is 0 Å². The first-order chi connectivity index (χ1) is 6.15. The minimum Gasteiger partial charge on any atom is -0.292 e. The van der Waals surface area contributed by atoms with Gasteiger partial charge in [0.2, 0.25) is 0 Å². The third-order valence-corrected chi connectivity index (χ3v) is 2.11. The summed E-state index contributed by atoms with van der Waals surface area (Å²) in [5, 5.41) is 8.51. The number of halogens is 2. The molecule has 1 aromatic rings. The van der Waals surface area contributed by atoms with Gasteiger partial charge in [0.25, 0.3) is 0 Å². The topological polar surface area (TPSA) is 40.9 Å². The van der Waals surface area contributed by atoms with Gasteiger partial charge in [-0.05, 0) is 12.1 Å². The number of carbonyl (C=O) groups is 1. The smallest absolute Gasteiger partial charge is 0.191 e. The average molecular weight is 259 g/mol. The molecular formula is C9H5BrClNO. The predicted octanol–water partition coefficient (Wildman–Crippen LogP) is 2.70. The lowest BCUT2D eigenvalue weighted by Gasteiger charge is -2.00. The Bertz CT molecular complexity index is 353. The molecule has 0 amide bonds. The van der Waals surface area contributed by atoms with Crippen LogP contribution in [0.2, 0.25) is 0 Å². The van der Waals surface area contributed by atoms with Crippen LogP contribution in [0.15, 0.2) is 24.3 Å². The van der Waals surface area contributed by atoms with Crippen LogP contribution in [-0.2, 0) is 0 Å². The van der Waals surface area contributed by atoms with Crippen molar-refractivity contribution >= 4 is 33.3 Å². The van der Waals surface area contributed by atoms with Crippen molar-refractivity contribution in [3.63, 3.8) is 0 Å². The molecule has 0 saturated carbocycles. The molecule has 0 fully saturated rings. The standard InChI is InChI=1S/C9H5BrClNO/c10-9(11)8(13)7-3-1-6(5-12)2-4-7/h1-4,9H. The number of nitriles is 1. The molecular weight excluding hydrogens is 253 g/mol. The molecule has 2 nitrogen and oxygen atoms in total. The molecule has 0 aliphatic rings. The average Bonchev–Trinajstić information content (AvgIpc) is 2.17. The quantitative estimate of drug-likeness (QED) is 0.604. The Morgan fingerprint density at radius 3 is 2.38 bits per heavy atom. The predicted molar refractivity (Wildman–Crippen MR) is 54.1 cm³/mol. The number of alkyl halides is 2. The molecule has 0 aliphatic carbocycles. The second-order valence-electron chi connectivity index (χ2n) is 2.35. The van der Waals surface area contributed by atoms with E-state index in [1.54, 1.807) is 24.3 Å². The number of ketones is 1. The molecule has 0 aromatic heterocycles. The van der Waals surface area contributed by atoms with E-state index in [1.807, 2.05) is 6.07 Å². The molecule has 0 bridgehead atoms. The fourth-order valence-corrected chi connectivity index (χ4v) is 1.23. The highest BCUT2D eigenvalue weighted by Crippen LogP contribution is 2.14. The van der Waals surface area contributed by atoms with Crippen molar-refractivity contribution in [2.45, 2.75) is 4.29 Å². The van der Waals surface area contributed by atoms with Gasteiger partial charge in [0, 0.05) is 5.56 Å². The van der Waals surface area contributed by atoms with E-state index in [4.69, 9.17) is 16.9 Å². The van der Waals surface area contributed by atoms with Crippen LogP contribution in [0.3, 0.4) is 0 Å². The zero-order valence-corrected chi connectivity index (χ0v) is 8.84. The first-order valence-corrected chi connectivity index (χ1v) is 4.83. The van der Waals surface area contributed by atoms with Gasteiger partial charge in [-0.3, -0.25) is 4.79 Å². The maximum Gasteiger partial charge on any atom is 0.191 e. The lowest BCUT2D eigenvalue weighted by molar-refractivity contribution is 0.101. The maximum atomic E-state index is 11.3. The van der Waals surface area contributed by atoms with Crippen LogP contribution in [0.4, 0.5) is 0 Å². The van der Waals surface area contributed by atoms with E-state index in [1.165, 1.54) is 0 Å². The van der Waals surface area contributed by atoms with E-state index in [-0.39, 0.29) is 5.78 Å². The zero-order chi connectivity index (χ0) is 9.84. The van der Waals surface area contributed by atoms with Crippen LogP contribution in [-0.4, -0.2) is 10.1 Å². The van der Waals surface area contributed by atoms with Gasteiger partial charge in [0.05, 0.1) is 11.6 Å². The molecule has 1 atom stereocenters. The summed E-state index contributed by atoms with van der Waals surface area (Å²) in [7, 11) is 0. The SMILES string of the molecule is N#Cc1ccc(C(=O)C(Cl)Br)cc1. The molecule has 1 rings (SSSR count). The van der Waals surface area contributed by atoms with Gasteiger partial charge in [-0.25, -0.2) is 0 Å². The lowest BCUT2D eigenvalue weighted by Crippen LogP contribution is -2.07. The summed E-state index contributed by atoms with van der Waals surface area (Å²) in [6.45, 7) is 0. The van der Waals surface area contributed by atoms with E-state index < -0.39 is 4.29 Å². The first-order valence-electron chi connectivity index (χ1n) is 3.47. The molecule has 0 radical (unpaired) electrons. The number of hydrogen-bond acceptors (Lipinski definition) is 2. The molecule has 1 aromatic carbocycles. The molecule has 66 valence electrons. The number of Topliss-reactive ketones (excluding diaryl/α,β-unsaturated/α-hetero) is 1. The Balaban J connectivity index is 2.94. The number of benzene rings is 1. The van der Waals surface area contributed by atoms with Gasteiger partial charge in [0.1, 0.15) is 0 Å². The van der Waals surface area contributed by atoms with Crippen molar-refractivity contribution in [2.75, 3.05) is 0 Å². The van der Waals surface area contributed by atoms with Crippen molar-refractivity contribution in [2.24, 2.45) is 0 Å². The Kier molecular flexibility index (Phi) is 3.47. The van der Waals surface area contributed by atoms with E-state index in [0.29, 0.717) is 11.1 Å². The summed E-state index contributed by atoms with van der Waals surface area (Å²) in [6.07, 6.45) is 0. The normalized spacial score (nSPS) is 11.8. The highest BCUT2D eigenvalue weighted by atomic mass is 79.9. The Morgan fingerprint density at radius 1 is 1.46 bits per heavy atom. The fourth-order valence-electron chi connectivity index (χ4n) is 0.835. The van der Waals surface area contributed by atoms with Gasteiger partial charge >= 0.3 is 0 Å². The van der Waals surface area contributed by atoms with Crippen molar-refractivity contribution in [3.8, 4) is 6.07 Å². The Labute approximate surface area is 89.3 Å². The summed E-state index contributed by atoms with van der Waals surface area (Å²) in [4.78, 5) is 11.3. The molecule has 1 unspecified atom stereocenters. The third-order valence-electron chi connectivity index (χ3n) is 1.50. The number of rotatable bonds is 2. The van der Waals surface area contributed by atoms with Crippen LogP contribution in [0.25, 0.3) is 0 Å². The number of carbonyl (C=O) groups excluding carboxylic acids is 1. The number of nitrogens with zero attached hydrogens (tertiary/aromatic N) is 1. The highest BCUT2D eigenvalue weighted by Gasteiger charge is 2.12. The van der Waals surface area contributed by atoms with Gasteiger partial charge in [-0.1, -0.05) is 28.1 Å². The summed E-state index contributed by atoms with van der Waals surface area (Å²) in [5.74, 6) is -0.203. The van der Waals surface area contributed by atoms with Crippen LogP contribution >= 0.6 is 27.5 Å². The van der Waals surface area contributed by atoms with E-state index in [0.717, 1.165) is 0 Å². The Hall–Kier alpha value is -0.850. The summed E-state index contributed by atoms with van der Waals surface area (Å²) >= 11 is 8.50. The van der Waals surface area contributed by atoms with Crippen LogP contribution < -0.4 is 0 Å². The summed E-state index contributed by atoms with van der Waals surface area (Å²) < 4.78 is -0.708. The molecule has 0 spiro atoms. The monoisotopic (exact) mass is 257 g/mol. The largest absolute Gasteiger partial charge is 0.292 e. The van der Waals surface area contributed by atoms with E-state index >= 15 is 0 Å². The second kappa shape index (κ2) is 4.40. The lowest BCUT2D eigenvalue weighted by atomic mass is 10.1. The van der Waals surface area contributed by atoms with Crippen molar-refractivity contribution in [3.05, 3.63) is 35.4 Å². The van der Waals surface area contributed by atoms with Gasteiger partial charge in [-0.15, -0.1) is 11.6 Å². The highest BCUT2D eigenvalue weighted by molar-refractivity contribution is 9.10. The molecule has 0 aliphatic heterocycles. The van der Waals surface area contributed by atoms with Crippen LogP contribution in [0.1, 0.15) is 15.9 Å². The minimum atomic E-state index is -0.708. The van der Waals surface area contributed by atoms with Gasteiger partial charge in [-0.2, -0.15) is 5.26 Å². The maximum absolute atomic E-state index is 11.3. The third kappa shape index (κ3) is 2.55. The number of hydrogen-bond donors (Lipinski definition) is 0. The van der Waals surface area contributed by atoms with E-state index in [2.05, 4.69) is 15.9 Å². The molecule has 0 heterocycles. The first kappa shape index (κ1) is 10.2. The van der Waals surface area contributed by atoms with Gasteiger partial charge in [0.15, 0.2) is 10.1 Å². The van der Waals surface area contributed by atoms with Crippen molar-refractivity contribution in [1.29, 1.82) is 5.26 Å². The van der Waals surface area contributed by atoms with Gasteiger partial charge < -0.3 is 0 Å². The molecule has 13 heavy (non-hydrogen) atoms. The molecule has 4 heteroatoms. The summed E-state index contributed by atoms with van der Waals surface area (Å²) in [6, 6.07) is 8.29. The second-order valence-corrected chi connectivity index (χ2v) is 4.23. The van der Waals surface area contributed by atoms with Crippen molar-refractivity contribution < 1.29 is 4.79 Å². The minimum absolute atomic E-state index is 0.203. The van der Waals surface area contributed by atoms with Crippen LogP contribution in [0.5, 0.6) is 0 Å². The summed E-state index contributed by atoms with van der Waals surface area (Å²) in [5.41, 5.74) is 1.02.